The van der Waals surface area contributed by atoms with Crippen molar-refractivity contribution in [3.8, 4) is 17.3 Å². The average molecular weight is 436 g/mol. The molecule has 1 N–H and O–H groups in total. The lowest BCUT2D eigenvalue weighted by atomic mass is 10.1. The minimum Gasteiger partial charge on any atom is -0.439 e. The molecular formula is C26H33N3O3. The first kappa shape index (κ1) is 22.5. The van der Waals surface area contributed by atoms with E-state index >= 15 is 0 Å². The van der Waals surface area contributed by atoms with Crippen LogP contribution in [0.5, 0.6) is 11.6 Å². The fraction of sp³-hybridized carbons (Fsp3) is 0.423. The number of aromatic nitrogens is 2. The van der Waals surface area contributed by atoms with Crippen LogP contribution in [0.2, 0.25) is 0 Å². The Balaban J connectivity index is 1.68. The van der Waals surface area contributed by atoms with Gasteiger partial charge in [-0.05, 0) is 50.5 Å². The van der Waals surface area contributed by atoms with Gasteiger partial charge in [0.1, 0.15) is 5.75 Å². The minimum atomic E-state index is -0.511. The zero-order valence-electron chi connectivity index (χ0n) is 19.0. The maximum absolute atomic E-state index is 10.5. The average Bonchev–Trinajstić information content (AvgIpc) is 3.62. The van der Waals surface area contributed by atoms with Gasteiger partial charge >= 0.3 is 0 Å². The molecule has 32 heavy (non-hydrogen) atoms. The minimum absolute atomic E-state index is 0.358. The predicted octanol–water partition coefficient (Wildman–Crippen LogP) is 4.59. The lowest BCUT2D eigenvalue weighted by molar-refractivity contribution is 0.0177. The molecule has 1 saturated carbocycles. The second-order valence-corrected chi connectivity index (χ2v) is 8.22. The smallest absolute Gasteiger partial charge is 0.227 e. The van der Waals surface area contributed by atoms with Crippen LogP contribution < -0.4 is 4.74 Å². The SMILES string of the molecule is CCOCC(O)CN(Cc1c(CC)nn(-c2ccccc2)c1Oc1ccccc1)C1CC1. The van der Waals surface area contributed by atoms with E-state index in [1.165, 1.54) is 0 Å². The lowest BCUT2D eigenvalue weighted by Gasteiger charge is -2.25. The molecule has 0 aliphatic heterocycles. The van der Waals surface area contributed by atoms with Gasteiger partial charge in [0, 0.05) is 25.7 Å². The number of hydrogen-bond donors (Lipinski definition) is 1. The normalized spacial score (nSPS) is 14.6. The molecule has 4 rings (SSSR count). The highest BCUT2D eigenvalue weighted by molar-refractivity contribution is 5.43. The van der Waals surface area contributed by atoms with Crippen LogP contribution in [-0.4, -0.2) is 51.7 Å². The van der Waals surface area contributed by atoms with Crippen LogP contribution in [0.3, 0.4) is 0 Å². The highest BCUT2D eigenvalue weighted by atomic mass is 16.5. The lowest BCUT2D eigenvalue weighted by Crippen LogP contribution is -2.36. The Morgan fingerprint density at radius 3 is 2.38 bits per heavy atom. The van der Waals surface area contributed by atoms with E-state index in [4.69, 9.17) is 14.6 Å². The molecular weight excluding hydrogens is 402 g/mol. The maximum atomic E-state index is 10.5. The van der Waals surface area contributed by atoms with Gasteiger partial charge in [-0.1, -0.05) is 43.3 Å². The summed E-state index contributed by atoms with van der Waals surface area (Å²) in [6.45, 7) is 6.31. The molecule has 0 radical (unpaired) electrons. The van der Waals surface area contributed by atoms with E-state index in [2.05, 4.69) is 11.8 Å². The molecule has 1 heterocycles. The van der Waals surface area contributed by atoms with Crippen molar-refractivity contribution in [2.45, 2.75) is 51.8 Å². The fourth-order valence-corrected chi connectivity index (χ4v) is 3.93. The van der Waals surface area contributed by atoms with Gasteiger partial charge in [-0.25, -0.2) is 4.68 Å². The second kappa shape index (κ2) is 10.8. The van der Waals surface area contributed by atoms with Crippen LogP contribution in [0.15, 0.2) is 60.7 Å². The third kappa shape index (κ3) is 5.57. The number of hydrogen-bond acceptors (Lipinski definition) is 5. The Hall–Kier alpha value is -2.67. The van der Waals surface area contributed by atoms with E-state index < -0.39 is 6.10 Å². The summed E-state index contributed by atoms with van der Waals surface area (Å²) in [4.78, 5) is 2.35. The summed E-state index contributed by atoms with van der Waals surface area (Å²) < 4.78 is 13.8. The Kier molecular flexibility index (Phi) is 7.58. The molecule has 1 fully saturated rings. The molecule has 170 valence electrons. The first-order chi connectivity index (χ1) is 15.7. The highest BCUT2D eigenvalue weighted by Crippen LogP contribution is 2.35. The molecule has 0 amide bonds. The third-order valence-corrected chi connectivity index (χ3v) is 5.70. The highest BCUT2D eigenvalue weighted by Gasteiger charge is 2.33. The van der Waals surface area contributed by atoms with Crippen molar-refractivity contribution in [3.63, 3.8) is 0 Å². The van der Waals surface area contributed by atoms with Gasteiger partial charge in [0.2, 0.25) is 5.88 Å². The summed E-state index contributed by atoms with van der Waals surface area (Å²) in [6.07, 6.45) is 2.61. The monoisotopic (exact) mass is 435 g/mol. The van der Waals surface area contributed by atoms with Crippen molar-refractivity contribution in [2.24, 2.45) is 0 Å². The van der Waals surface area contributed by atoms with E-state index in [0.29, 0.717) is 32.3 Å². The Labute approximate surface area is 190 Å². The number of aliphatic hydroxyl groups excluding tert-OH is 1. The van der Waals surface area contributed by atoms with Crippen molar-refractivity contribution in [1.82, 2.24) is 14.7 Å². The van der Waals surface area contributed by atoms with Crippen LogP contribution in [-0.2, 0) is 17.7 Å². The molecule has 1 unspecified atom stereocenters. The van der Waals surface area contributed by atoms with E-state index in [1.54, 1.807) is 0 Å². The summed E-state index contributed by atoms with van der Waals surface area (Å²) in [5.74, 6) is 1.52. The molecule has 6 nitrogen and oxygen atoms in total. The van der Waals surface area contributed by atoms with Crippen LogP contribution in [0.1, 0.15) is 37.9 Å². The van der Waals surface area contributed by atoms with Crippen molar-refractivity contribution in [1.29, 1.82) is 0 Å². The van der Waals surface area contributed by atoms with Gasteiger partial charge in [-0.2, -0.15) is 5.10 Å². The summed E-state index contributed by atoms with van der Waals surface area (Å²) in [5.41, 5.74) is 3.06. The largest absolute Gasteiger partial charge is 0.439 e. The van der Waals surface area contributed by atoms with Gasteiger partial charge < -0.3 is 14.6 Å². The molecule has 1 aromatic heterocycles. The van der Waals surface area contributed by atoms with Crippen molar-refractivity contribution < 1.29 is 14.6 Å². The predicted molar refractivity (Wildman–Crippen MR) is 125 cm³/mol. The van der Waals surface area contributed by atoms with Gasteiger partial charge in [0.05, 0.1) is 29.7 Å². The number of nitrogens with zero attached hydrogens (tertiary/aromatic N) is 3. The van der Waals surface area contributed by atoms with E-state index in [0.717, 1.165) is 47.8 Å². The van der Waals surface area contributed by atoms with Gasteiger partial charge in [0.15, 0.2) is 0 Å². The zero-order valence-corrected chi connectivity index (χ0v) is 19.0. The molecule has 2 aromatic carbocycles. The number of rotatable bonds is 12. The quantitative estimate of drug-likeness (QED) is 0.451. The third-order valence-electron chi connectivity index (χ3n) is 5.70. The van der Waals surface area contributed by atoms with Crippen molar-refractivity contribution in [2.75, 3.05) is 19.8 Å². The molecule has 1 aliphatic carbocycles. The molecule has 1 aliphatic rings. The molecule has 0 saturated heterocycles. The molecule has 3 aromatic rings. The standard InChI is InChI=1S/C26H33N3O3/c1-3-25-24(18-28(20-15-16-20)17-22(30)19-31-4-2)26(32-23-13-9-6-10-14-23)29(27-25)21-11-7-5-8-12-21/h5-14,20,22,30H,3-4,15-19H2,1-2H3. The number of ether oxygens (including phenoxy) is 2. The Morgan fingerprint density at radius 2 is 1.75 bits per heavy atom. The molecule has 0 spiro atoms. The Bertz CT molecular complexity index is 971. The molecule has 6 heteroatoms. The zero-order chi connectivity index (χ0) is 22.3. The summed E-state index contributed by atoms with van der Waals surface area (Å²) in [7, 11) is 0. The van der Waals surface area contributed by atoms with Gasteiger partial charge in [-0.15, -0.1) is 0 Å². The molecule has 0 bridgehead atoms. The van der Waals surface area contributed by atoms with Crippen molar-refractivity contribution in [3.05, 3.63) is 71.9 Å². The first-order valence-electron chi connectivity index (χ1n) is 11.6. The maximum Gasteiger partial charge on any atom is 0.227 e. The van der Waals surface area contributed by atoms with E-state index in [-0.39, 0.29) is 0 Å². The number of para-hydroxylation sites is 2. The summed E-state index contributed by atoms with van der Waals surface area (Å²) in [5, 5.41) is 15.4. The number of aryl methyl sites for hydroxylation is 1. The van der Waals surface area contributed by atoms with Gasteiger partial charge in [-0.3, -0.25) is 4.90 Å². The summed E-state index contributed by atoms with van der Waals surface area (Å²) >= 11 is 0. The summed E-state index contributed by atoms with van der Waals surface area (Å²) in [6, 6.07) is 20.4. The van der Waals surface area contributed by atoms with E-state index in [9.17, 15) is 5.11 Å². The van der Waals surface area contributed by atoms with Crippen LogP contribution in [0.4, 0.5) is 0 Å². The Morgan fingerprint density at radius 1 is 1.06 bits per heavy atom. The number of benzene rings is 2. The first-order valence-corrected chi connectivity index (χ1v) is 11.6. The topological polar surface area (TPSA) is 59.8 Å². The van der Waals surface area contributed by atoms with Crippen LogP contribution >= 0.6 is 0 Å². The van der Waals surface area contributed by atoms with Gasteiger partial charge in [0.25, 0.3) is 0 Å². The molecule has 1 atom stereocenters. The van der Waals surface area contributed by atoms with Crippen LogP contribution in [0, 0.1) is 0 Å². The fourth-order valence-electron chi connectivity index (χ4n) is 3.93. The number of aliphatic hydroxyl groups is 1. The van der Waals surface area contributed by atoms with E-state index in [1.807, 2.05) is 72.3 Å². The second-order valence-electron chi connectivity index (χ2n) is 8.22. The van der Waals surface area contributed by atoms with Crippen LogP contribution in [0.25, 0.3) is 5.69 Å². The van der Waals surface area contributed by atoms with Crippen molar-refractivity contribution >= 4 is 0 Å².